The van der Waals surface area contributed by atoms with Crippen molar-refractivity contribution in [3.8, 4) is 0 Å². The molecule has 1 amide bonds. The van der Waals surface area contributed by atoms with Crippen molar-refractivity contribution in [1.82, 2.24) is 20.1 Å². The summed E-state index contributed by atoms with van der Waals surface area (Å²) in [4.78, 5) is 11.4. The highest BCUT2D eigenvalue weighted by Crippen LogP contribution is 1.94. The molecule has 1 atom stereocenters. The van der Waals surface area contributed by atoms with Gasteiger partial charge in [0.25, 0.3) is 0 Å². The van der Waals surface area contributed by atoms with Gasteiger partial charge in [-0.1, -0.05) is 6.92 Å². The van der Waals surface area contributed by atoms with Crippen LogP contribution in [0.15, 0.2) is 6.33 Å². The van der Waals surface area contributed by atoms with Crippen LogP contribution in [0, 0.1) is 4.77 Å². The maximum atomic E-state index is 11.4. The number of nitrogens with zero attached hydrogens (tertiary/aromatic N) is 2. The SMILES string of the molecule is CCC(C)NC(=O)CCn1cn[nH]c1=S. The number of carbonyl (C=O) groups excluding carboxylic acids is 1. The van der Waals surface area contributed by atoms with E-state index in [1.807, 2.05) is 13.8 Å². The predicted octanol–water partition coefficient (Wildman–Crippen LogP) is 1.25. The van der Waals surface area contributed by atoms with Crippen LogP contribution in [0.5, 0.6) is 0 Å². The summed E-state index contributed by atoms with van der Waals surface area (Å²) >= 11 is 4.96. The van der Waals surface area contributed by atoms with E-state index in [1.54, 1.807) is 10.9 Å². The molecule has 0 bridgehead atoms. The summed E-state index contributed by atoms with van der Waals surface area (Å²) in [7, 11) is 0. The van der Waals surface area contributed by atoms with E-state index in [0.717, 1.165) is 6.42 Å². The minimum absolute atomic E-state index is 0.0486. The molecule has 1 unspecified atom stereocenters. The molecule has 1 heterocycles. The molecule has 15 heavy (non-hydrogen) atoms. The smallest absolute Gasteiger partial charge is 0.222 e. The number of hydrogen-bond acceptors (Lipinski definition) is 3. The summed E-state index contributed by atoms with van der Waals surface area (Å²) in [5.41, 5.74) is 0. The first kappa shape index (κ1) is 11.9. The molecular weight excluding hydrogens is 212 g/mol. The fraction of sp³-hybridized carbons (Fsp3) is 0.667. The number of nitrogens with one attached hydrogen (secondary N) is 2. The molecule has 2 N–H and O–H groups in total. The zero-order chi connectivity index (χ0) is 11.3. The lowest BCUT2D eigenvalue weighted by Gasteiger charge is -2.10. The summed E-state index contributed by atoms with van der Waals surface area (Å²) < 4.78 is 2.29. The second-order valence-electron chi connectivity index (χ2n) is 3.48. The van der Waals surface area contributed by atoms with Gasteiger partial charge < -0.3 is 9.88 Å². The number of amides is 1. The quantitative estimate of drug-likeness (QED) is 0.745. The van der Waals surface area contributed by atoms with Crippen molar-refractivity contribution in [1.29, 1.82) is 0 Å². The molecule has 84 valence electrons. The number of aromatic nitrogens is 3. The maximum absolute atomic E-state index is 11.4. The van der Waals surface area contributed by atoms with Crippen LogP contribution in [0.3, 0.4) is 0 Å². The molecule has 0 fully saturated rings. The van der Waals surface area contributed by atoms with E-state index in [-0.39, 0.29) is 11.9 Å². The number of carbonyl (C=O) groups is 1. The first-order valence-electron chi connectivity index (χ1n) is 5.02. The lowest BCUT2D eigenvalue weighted by atomic mass is 10.2. The van der Waals surface area contributed by atoms with Crippen LogP contribution >= 0.6 is 12.2 Å². The number of aryl methyl sites for hydroxylation is 1. The van der Waals surface area contributed by atoms with Gasteiger partial charge in [-0.15, -0.1) is 0 Å². The Morgan fingerprint density at radius 2 is 2.53 bits per heavy atom. The van der Waals surface area contributed by atoms with Gasteiger partial charge in [0.2, 0.25) is 5.91 Å². The van der Waals surface area contributed by atoms with E-state index in [1.165, 1.54) is 0 Å². The van der Waals surface area contributed by atoms with Crippen molar-refractivity contribution in [3.63, 3.8) is 0 Å². The Morgan fingerprint density at radius 1 is 1.80 bits per heavy atom. The summed E-state index contributed by atoms with van der Waals surface area (Å²) in [6.45, 7) is 4.59. The topological polar surface area (TPSA) is 62.7 Å². The van der Waals surface area contributed by atoms with Crippen molar-refractivity contribution in [2.24, 2.45) is 0 Å². The molecule has 0 aromatic carbocycles. The molecule has 0 aliphatic heterocycles. The van der Waals surface area contributed by atoms with Crippen molar-refractivity contribution < 1.29 is 4.79 Å². The van der Waals surface area contributed by atoms with E-state index in [0.29, 0.717) is 17.7 Å². The first-order valence-corrected chi connectivity index (χ1v) is 5.43. The van der Waals surface area contributed by atoms with Gasteiger partial charge in [0.15, 0.2) is 4.77 Å². The lowest BCUT2D eigenvalue weighted by Crippen LogP contribution is -2.32. The van der Waals surface area contributed by atoms with Crippen molar-refractivity contribution in [3.05, 3.63) is 11.1 Å². The van der Waals surface area contributed by atoms with Crippen LogP contribution in [0.1, 0.15) is 26.7 Å². The van der Waals surface area contributed by atoms with Crippen LogP contribution in [0.2, 0.25) is 0 Å². The summed E-state index contributed by atoms with van der Waals surface area (Å²) in [5.74, 6) is 0.0486. The molecule has 0 aliphatic carbocycles. The van der Waals surface area contributed by atoms with Gasteiger partial charge in [0, 0.05) is 19.0 Å². The van der Waals surface area contributed by atoms with Gasteiger partial charge >= 0.3 is 0 Å². The lowest BCUT2D eigenvalue weighted by molar-refractivity contribution is -0.121. The second-order valence-corrected chi connectivity index (χ2v) is 3.87. The van der Waals surface area contributed by atoms with E-state index < -0.39 is 0 Å². The highest BCUT2D eigenvalue weighted by atomic mass is 32.1. The molecule has 1 aromatic rings. The van der Waals surface area contributed by atoms with E-state index in [2.05, 4.69) is 15.5 Å². The van der Waals surface area contributed by atoms with E-state index >= 15 is 0 Å². The number of hydrogen-bond donors (Lipinski definition) is 2. The minimum atomic E-state index is 0.0486. The Kier molecular flexibility index (Phi) is 4.48. The van der Waals surface area contributed by atoms with Crippen LogP contribution in [-0.2, 0) is 11.3 Å². The highest BCUT2D eigenvalue weighted by molar-refractivity contribution is 7.71. The molecule has 1 rings (SSSR count). The highest BCUT2D eigenvalue weighted by Gasteiger charge is 2.05. The van der Waals surface area contributed by atoms with Gasteiger partial charge in [-0.05, 0) is 25.6 Å². The average molecular weight is 228 g/mol. The zero-order valence-electron chi connectivity index (χ0n) is 8.99. The first-order chi connectivity index (χ1) is 7.13. The zero-order valence-corrected chi connectivity index (χ0v) is 9.80. The fourth-order valence-corrected chi connectivity index (χ4v) is 1.29. The number of rotatable bonds is 5. The van der Waals surface area contributed by atoms with Crippen LogP contribution in [0.4, 0.5) is 0 Å². The fourth-order valence-electron chi connectivity index (χ4n) is 1.10. The summed E-state index contributed by atoms with van der Waals surface area (Å²) in [6, 6.07) is 0.231. The van der Waals surface area contributed by atoms with Crippen molar-refractivity contribution in [2.45, 2.75) is 39.3 Å². The molecule has 0 aliphatic rings. The average Bonchev–Trinajstić information content (AvgIpc) is 2.61. The minimum Gasteiger partial charge on any atom is -0.354 e. The Bertz CT molecular complexity index is 370. The molecule has 0 saturated carbocycles. The number of aromatic amines is 1. The largest absolute Gasteiger partial charge is 0.354 e. The summed E-state index contributed by atoms with van der Waals surface area (Å²) in [6.07, 6.45) is 2.97. The maximum Gasteiger partial charge on any atom is 0.222 e. The molecule has 6 heteroatoms. The van der Waals surface area contributed by atoms with Gasteiger partial charge in [0.05, 0.1) is 0 Å². The summed E-state index contributed by atoms with van der Waals surface area (Å²) in [5, 5.41) is 9.31. The molecule has 0 spiro atoms. The van der Waals surface area contributed by atoms with Gasteiger partial charge in [0.1, 0.15) is 6.33 Å². The molecule has 0 saturated heterocycles. The van der Waals surface area contributed by atoms with Crippen LogP contribution < -0.4 is 5.32 Å². The Labute approximate surface area is 93.9 Å². The van der Waals surface area contributed by atoms with Gasteiger partial charge in [-0.25, -0.2) is 0 Å². The third-order valence-electron chi connectivity index (χ3n) is 2.22. The van der Waals surface area contributed by atoms with Crippen LogP contribution in [0.25, 0.3) is 0 Å². The van der Waals surface area contributed by atoms with Gasteiger partial charge in [-0.3, -0.25) is 9.89 Å². The Balaban J connectivity index is 2.35. The monoisotopic (exact) mass is 228 g/mol. The standard InChI is InChI=1S/C9H16N4OS/c1-3-7(2)11-8(14)4-5-13-6-10-12-9(13)15/h6-7H,3-5H2,1-2H3,(H,11,14)(H,12,15). The normalized spacial score (nSPS) is 12.4. The third kappa shape index (κ3) is 3.83. The molecule has 5 nitrogen and oxygen atoms in total. The molecular formula is C9H16N4OS. The predicted molar refractivity (Wildman–Crippen MR) is 59.9 cm³/mol. The molecule has 1 aromatic heterocycles. The number of H-pyrrole nitrogens is 1. The van der Waals surface area contributed by atoms with Crippen molar-refractivity contribution >= 4 is 18.1 Å². The Hall–Kier alpha value is -1.17. The van der Waals surface area contributed by atoms with Crippen molar-refractivity contribution in [2.75, 3.05) is 0 Å². The third-order valence-corrected chi connectivity index (χ3v) is 2.54. The Morgan fingerprint density at radius 3 is 3.07 bits per heavy atom. The van der Waals surface area contributed by atoms with Gasteiger partial charge in [-0.2, -0.15) is 5.10 Å². The van der Waals surface area contributed by atoms with E-state index in [4.69, 9.17) is 12.2 Å². The molecule has 0 radical (unpaired) electrons. The van der Waals surface area contributed by atoms with Crippen LogP contribution in [-0.4, -0.2) is 26.7 Å². The second kappa shape index (κ2) is 5.65. The van der Waals surface area contributed by atoms with E-state index in [9.17, 15) is 4.79 Å².